The number of thiol groups is 2. The summed E-state index contributed by atoms with van der Waals surface area (Å²) in [4.78, 5) is 59.1. The molecule has 0 aromatic carbocycles. The standard InChI is InChI=1S/C16H28N4O7S2/c1-3-7(2)12(16(26)27)20-15(25)10(6-29)19-14(24)9(4-11(21)22)18-13(23)8(17)5-28/h7-10,12,28-29H,3-6,17H2,1-2H3,(H,18,23)(H,19,24)(H,20,25)(H,21,22)(H,26,27). The van der Waals surface area contributed by atoms with E-state index in [4.69, 9.17) is 10.8 Å². The first kappa shape index (κ1) is 27.0. The molecule has 0 aliphatic heterocycles. The molecule has 29 heavy (non-hydrogen) atoms. The van der Waals surface area contributed by atoms with E-state index < -0.39 is 60.2 Å². The van der Waals surface area contributed by atoms with E-state index in [1.165, 1.54) is 0 Å². The molecule has 166 valence electrons. The van der Waals surface area contributed by atoms with Crippen LogP contribution in [0.1, 0.15) is 26.7 Å². The summed E-state index contributed by atoms with van der Waals surface area (Å²) in [6, 6.07) is -4.97. The molecule has 0 aromatic heterocycles. The van der Waals surface area contributed by atoms with Crippen LogP contribution in [0.3, 0.4) is 0 Å². The molecular formula is C16H28N4O7S2. The van der Waals surface area contributed by atoms with E-state index in [1.807, 2.05) is 0 Å². The Balaban J connectivity index is 5.26. The van der Waals surface area contributed by atoms with Gasteiger partial charge >= 0.3 is 11.9 Å². The Bertz CT molecular complexity index is 620. The summed E-state index contributed by atoms with van der Waals surface area (Å²) in [5.74, 6) is -5.70. The Morgan fingerprint density at radius 3 is 1.83 bits per heavy atom. The molecule has 0 fully saturated rings. The number of carboxylic acids is 2. The van der Waals surface area contributed by atoms with Gasteiger partial charge in [-0.15, -0.1) is 0 Å². The van der Waals surface area contributed by atoms with E-state index in [9.17, 15) is 29.1 Å². The molecule has 7 N–H and O–H groups in total. The van der Waals surface area contributed by atoms with E-state index in [2.05, 4.69) is 41.2 Å². The lowest BCUT2D eigenvalue weighted by Gasteiger charge is -2.25. The Morgan fingerprint density at radius 1 is 0.897 bits per heavy atom. The van der Waals surface area contributed by atoms with Crippen LogP contribution in [0, 0.1) is 5.92 Å². The van der Waals surface area contributed by atoms with Gasteiger partial charge in [0.15, 0.2) is 0 Å². The maximum Gasteiger partial charge on any atom is 0.326 e. The first-order valence-corrected chi connectivity index (χ1v) is 10.1. The summed E-state index contributed by atoms with van der Waals surface area (Å²) in [6.45, 7) is 3.41. The zero-order valence-electron chi connectivity index (χ0n) is 16.1. The number of aliphatic carboxylic acids is 2. The highest BCUT2D eigenvalue weighted by atomic mass is 32.1. The van der Waals surface area contributed by atoms with Gasteiger partial charge in [-0.3, -0.25) is 19.2 Å². The largest absolute Gasteiger partial charge is 0.481 e. The number of nitrogens with one attached hydrogen (secondary N) is 3. The lowest BCUT2D eigenvalue weighted by Crippen LogP contribution is -2.58. The van der Waals surface area contributed by atoms with E-state index in [0.717, 1.165) is 0 Å². The molecule has 5 atom stereocenters. The van der Waals surface area contributed by atoms with E-state index in [-0.39, 0.29) is 17.4 Å². The van der Waals surface area contributed by atoms with Crippen molar-refractivity contribution in [3.05, 3.63) is 0 Å². The highest BCUT2D eigenvalue weighted by molar-refractivity contribution is 7.80. The maximum absolute atomic E-state index is 12.4. The van der Waals surface area contributed by atoms with Crippen LogP contribution in [-0.4, -0.2) is 75.5 Å². The van der Waals surface area contributed by atoms with Crippen LogP contribution < -0.4 is 21.7 Å². The second kappa shape index (κ2) is 13.3. The monoisotopic (exact) mass is 452 g/mol. The van der Waals surface area contributed by atoms with Crippen LogP contribution in [-0.2, 0) is 24.0 Å². The minimum Gasteiger partial charge on any atom is -0.481 e. The predicted molar refractivity (Wildman–Crippen MR) is 111 cm³/mol. The molecule has 0 bridgehead atoms. The average Bonchev–Trinajstić information content (AvgIpc) is 2.67. The number of amides is 3. The van der Waals surface area contributed by atoms with Crippen molar-refractivity contribution < 1.29 is 34.2 Å². The van der Waals surface area contributed by atoms with Gasteiger partial charge in [-0.25, -0.2) is 4.79 Å². The van der Waals surface area contributed by atoms with E-state index in [1.54, 1.807) is 13.8 Å². The summed E-state index contributed by atoms with van der Waals surface area (Å²) in [5.41, 5.74) is 5.50. The summed E-state index contributed by atoms with van der Waals surface area (Å²) in [6.07, 6.45) is -0.254. The van der Waals surface area contributed by atoms with Crippen LogP contribution >= 0.6 is 25.3 Å². The third kappa shape index (κ3) is 9.37. The molecule has 0 heterocycles. The predicted octanol–water partition coefficient (Wildman–Crippen LogP) is -1.77. The summed E-state index contributed by atoms with van der Waals surface area (Å²) < 4.78 is 0. The van der Waals surface area contributed by atoms with Gasteiger partial charge in [-0.05, 0) is 5.92 Å². The van der Waals surface area contributed by atoms with Gasteiger partial charge in [0.05, 0.1) is 12.5 Å². The number of nitrogens with two attached hydrogens (primary N) is 1. The quantitative estimate of drug-likeness (QED) is 0.151. The van der Waals surface area contributed by atoms with Crippen molar-refractivity contribution in [2.45, 2.75) is 50.9 Å². The van der Waals surface area contributed by atoms with Crippen molar-refractivity contribution in [3.8, 4) is 0 Å². The highest BCUT2D eigenvalue weighted by Crippen LogP contribution is 2.08. The second-order valence-corrected chi connectivity index (χ2v) is 7.13. The first-order valence-electron chi connectivity index (χ1n) is 8.81. The zero-order valence-corrected chi connectivity index (χ0v) is 17.9. The van der Waals surface area contributed by atoms with Crippen LogP contribution in [0.5, 0.6) is 0 Å². The normalized spacial score (nSPS) is 15.9. The SMILES string of the molecule is CCC(C)C(NC(=O)C(CS)NC(=O)C(CC(=O)O)NC(=O)C(N)CS)C(=O)O. The van der Waals surface area contributed by atoms with Gasteiger partial charge in [0.25, 0.3) is 0 Å². The topological polar surface area (TPSA) is 188 Å². The Hall–Kier alpha value is -1.99. The molecule has 0 aromatic rings. The summed E-state index contributed by atoms with van der Waals surface area (Å²) in [7, 11) is 0. The molecular weight excluding hydrogens is 424 g/mol. The molecule has 0 spiro atoms. The first-order chi connectivity index (χ1) is 13.5. The lowest BCUT2D eigenvalue weighted by molar-refractivity contribution is -0.144. The van der Waals surface area contributed by atoms with Gasteiger partial charge in [-0.1, -0.05) is 20.3 Å². The molecule has 0 aliphatic rings. The van der Waals surface area contributed by atoms with Gasteiger partial charge in [0.1, 0.15) is 18.1 Å². The zero-order chi connectivity index (χ0) is 22.7. The number of carbonyl (C=O) groups excluding carboxylic acids is 3. The number of carbonyl (C=O) groups is 5. The van der Waals surface area contributed by atoms with E-state index in [0.29, 0.717) is 6.42 Å². The molecule has 0 aliphatic carbocycles. The number of hydrogen-bond donors (Lipinski definition) is 8. The van der Waals surface area contributed by atoms with Crippen LogP contribution in [0.25, 0.3) is 0 Å². The molecule has 0 radical (unpaired) electrons. The van der Waals surface area contributed by atoms with Gasteiger partial charge < -0.3 is 31.9 Å². The smallest absolute Gasteiger partial charge is 0.326 e. The maximum atomic E-state index is 12.4. The van der Waals surface area contributed by atoms with Gasteiger partial charge in [-0.2, -0.15) is 25.3 Å². The number of hydrogen-bond acceptors (Lipinski definition) is 8. The molecule has 11 nitrogen and oxygen atoms in total. The minimum atomic E-state index is -1.49. The van der Waals surface area contributed by atoms with Gasteiger partial charge in [0.2, 0.25) is 17.7 Å². The van der Waals surface area contributed by atoms with Gasteiger partial charge in [0, 0.05) is 11.5 Å². The number of rotatable bonds is 13. The fourth-order valence-electron chi connectivity index (χ4n) is 2.15. The lowest BCUT2D eigenvalue weighted by atomic mass is 9.99. The van der Waals surface area contributed by atoms with E-state index >= 15 is 0 Å². The Kier molecular flexibility index (Phi) is 12.4. The Labute approximate surface area is 179 Å². The molecule has 0 rings (SSSR count). The van der Waals surface area contributed by atoms with Crippen molar-refractivity contribution >= 4 is 54.9 Å². The van der Waals surface area contributed by atoms with Crippen LogP contribution in [0.2, 0.25) is 0 Å². The molecule has 0 saturated carbocycles. The highest BCUT2D eigenvalue weighted by Gasteiger charge is 2.32. The minimum absolute atomic E-state index is 0.0267. The third-order valence-corrected chi connectivity index (χ3v) is 4.90. The summed E-state index contributed by atoms with van der Waals surface area (Å²) >= 11 is 7.83. The second-order valence-electron chi connectivity index (χ2n) is 6.40. The Morgan fingerprint density at radius 2 is 1.41 bits per heavy atom. The van der Waals surface area contributed by atoms with Crippen LogP contribution in [0.4, 0.5) is 0 Å². The van der Waals surface area contributed by atoms with Crippen molar-refractivity contribution in [1.82, 2.24) is 16.0 Å². The van der Waals surface area contributed by atoms with Crippen molar-refractivity contribution in [2.24, 2.45) is 11.7 Å². The average molecular weight is 453 g/mol. The molecule has 0 saturated heterocycles. The fourth-order valence-corrected chi connectivity index (χ4v) is 2.57. The fraction of sp³-hybridized carbons (Fsp3) is 0.688. The molecule has 5 unspecified atom stereocenters. The van der Waals surface area contributed by atoms with Crippen molar-refractivity contribution in [1.29, 1.82) is 0 Å². The third-order valence-electron chi connectivity index (χ3n) is 4.14. The van der Waals surface area contributed by atoms with Crippen molar-refractivity contribution in [2.75, 3.05) is 11.5 Å². The molecule has 3 amide bonds. The summed E-state index contributed by atoms with van der Waals surface area (Å²) in [5, 5.41) is 25.1. The number of carboxylic acid groups (broad SMARTS) is 2. The molecule has 13 heteroatoms. The van der Waals surface area contributed by atoms with Crippen molar-refractivity contribution in [3.63, 3.8) is 0 Å². The van der Waals surface area contributed by atoms with Crippen LogP contribution in [0.15, 0.2) is 0 Å².